The number of piperazine rings is 1. The molecule has 8 heteroatoms. The third kappa shape index (κ3) is 4.61. The standard InChI is InChI=1S/C16H25N7S/c1-12(2)8-14-20-21-16(24-14)19-11-13-9-17-15(18-10-13)23-6-4-22(3)5-7-23/h9-10,12H,4-8,11H2,1-3H3,(H,19,21). The first-order valence-corrected chi connectivity index (χ1v) is 9.22. The van der Waals surface area contributed by atoms with Crippen LogP contribution in [0.15, 0.2) is 12.4 Å². The minimum absolute atomic E-state index is 0.598. The largest absolute Gasteiger partial charge is 0.356 e. The summed E-state index contributed by atoms with van der Waals surface area (Å²) in [6.45, 7) is 9.13. The lowest BCUT2D eigenvalue weighted by Crippen LogP contribution is -2.45. The van der Waals surface area contributed by atoms with Crippen LogP contribution in [-0.2, 0) is 13.0 Å². The van der Waals surface area contributed by atoms with Gasteiger partial charge >= 0.3 is 0 Å². The lowest BCUT2D eigenvalue weighted by Gasteiger charge is -2.32. The molecule has 1 aliphatic heterocycles. The molecule has 24 heavy (non-hydrogen) atoms. The smallest absolute Gasteiger partial charge is 0.225 e. The molecule has 3 rings (SSSR count). The van der Waals surface area contributed by atoms with Crippen LogP contribution in [0, 0.1) is 5.92 Å². The Balaban J connectivity index is 1.52. The minimum atomic E-state index is 0.598. The van der Waals surface area contributed by atoms with Gasteiger partial charge in [-0.15, -0.1) is 10.2 Å². The zero-order valence-electron chi connectivity index (χ0n) is 14.6. The summed E-state index contributed by atoms with van der Waals surface area (Å²) in [6, 6.07) is 0. The summed E-state index contributed by atoms with van der Waals surface area (Å²) in [4.78, 5) is 13.6. The molecule has 3 heterocycles. The van der Waals surface area contributed by atoms with Gasteiger partial charge in [0.15, 0.2) is 0 Å². The predicted octanol–water partition coefficient (Wildman–Crippen LogP) is 1.89. The third-order valence-electron chi connectivity index (χ3n) is 3.97. The van der Waals surface area contributed by atoms with Gasteiger partial charge in [0.05, 0.1) is 0 Å². The van der Waals surface area contributed by atoms with E-state index in [1.165, 1.54) is 0 Å². The zero-order chi connectivity index (χ0) is 16.9. The highest BCUT2D eigenvalue weighted by Gasteiger charge is 2.16. The first-order chi connectivity index (χ1) is 11.6. The summed E-state index contributed by atoms with van der Waals surface area (Å²) in [6.07, 6.45) is 4.76. The van der Waals surface area contributed by atoms with Crippen LogP contribution in [0.3, 0.4) is 0 Å². The normalized spacial score (nSPS) is 15.9. The Bertz CT molecular complexity index is 632. The summed E-state index contributed by atoms with van der Waals surface area (Å²) < 4.78 is 0. The molecule has 1 aliphatic rings. The lowest BCUT2D eigenvalue weighted by atomic mass is 10.1. The molecule has 0 aromatic carbocycles. The van der Waals surface area contributed by atoms with Crippen LogP contribution < -0.4 is 10.2 Å². The Kier molecular flexibility index (Phi) is 5.57. The predicted molar refractivity (Wildman–Crippen MR) is 97.5 cm³/mol. The molecule has 0 amide bonds. The Morgan fingerprint density at radius 3 is 2.50 bits per heavy atom. The molecular weight excluding hydrogens is 322 g/mol. The van der Waals surface area contributed by atoms with Crippen LogP contribution in [0.2, 0.25) is 0 Å². The van der Waals surface area contributed by atoms with E-state index in [4.69, 9.17) is 0 Å². The van der Waals surface area contributed by atoms with E-state index in [1.807, 2.05) is 12.4 Å². The van der Waals surface area contributed by atoms with Crippen LogP contribution in [0.25, 0.3) is 0 Å². The molecule has 2 aromatic heterocycles. The van der Waals surface area contributed by atoms with Crippen molar-refractivity contribution in [2.24, 2.45) is 5.92 Å². The fraction of sp³-hybridized carbons (Fsp3) is 0.625. The number of likely N-dealkylation sites (N-methyl/N-ethyl adjacent to an activating group) is 1. The topological polar surface area (TPSA) is 70.1 Å². The Hall–Kier alpha value is -1.80. The Labute approximate surface area is 147 Å². The third-order valence-corrected chi connectivity index (χ3v) is 4.87. The molecule has 1 saturated heterocycles. The van der Waals surface area contributed by atoms with Gasteiger partial charge in [-0.25, -0.2) is 9.97 Å². The van der Waals surface area contributed by atoms with Gasteiger partial charge in [0.2, 0.25) is 11.1 Å². The molecule has 0 atom stereocenters. The van der Waals surface area contributed by atoms with Crippen molar-refractivity contribution in [1.82, 2.24) is 25.1 Å². The zero-order valence-corrected chi connectivity index (χ0v) is 15.4. The van der Waals surface area contributed by atoms with E-state index in [0.29, 0.717) is 12.5 Å². The summed E-state index contributed by atoms with van der Waals surface area (Å²) >= 11 is 1.62. The minimum Gasteiger partial charge on any atom is -0.356 e. The van der Waals surface area contributed by atoms with E-state index in [0.717, 1.165) is 54.3 Å². The van der Waals surface area contributed by atoms with Crippen LogP contribution >= 0.6 is 11.3 Å². The van der Waals surface area contributed by atoms with E-state index in [-0.39, 0.29) is 0 Å². The van der Waals surface area contributed by atoms with Gasteiger partial charge in [0.1, 0.15) is 5.01 Å². The highest BCUT2D eigenvalue weighted by atomic mass is 32.1. The van der Waals surface area contributed by atoms with E-state index < -0.39 is 0 Å². The first-order valence-electron chi connectivity index (χ1n) is 8.41. The fourth-order valence-electron chi connectivity index (χ4n) is 2.54. The fourth-order valence-corrected chi connectivity index (χ4v) is 3.49. The van der Waals surface area contributed by atoms with Crippen molar-refractivity contribution in [3.8, 4) is 0 Å². The number of hydrogen-bond acceptors (Lipinski definition) is 8. The van der Waals surface area contributed by atoms with Crippen LogP contribution in [0.4, 0.5) is 11.1 Å². The molecule has 1 N–H and O–H groups in total. The van der Waals surface area contributed by atoms with Crippen LogP contribution in [-0.4, -0.2) is 58.3 Å². The van der Waals surface area contributed by atoms with Crippen molar-refractivity contribution in [1.29, 1.82) is 0 Å². The number of anilines is 2. The van der Waals surface area contributed by atoms with Crippen molar-refractivity contribution in [3.05, 3.63) is 23.0 Å². The quantitative estimate of drug-likeness (QED) is 0.855. The molecule has 0 spiro atoms. The maximum absolute atomic E-state index is 4.51. The summed E-state index contributed by atoms with van der Waals surface area (Å²) in [5.74, 6) is 1.42. The van der Waals surface area contributed by atoms with E-state index >= 15 is 0 Å². The lowest BCUT2D eigenvalue weighted by molar-refractivity contribution is 0.311. The van der Waals surface area contributed by atoms with E-state index in [2.05, 4.69) is 56.2 Å². The van der Waals surface area contributed by atoms with E-state index in [9.17, 15) is 0 Å². The molecule has 0 saturated carbocycles. The van der Waals surface area contributed by atoms with Crippen molar-refractivity contribution in [2.45, 2.75) is 26.8 Å². The molecule has 1 fully saturated rings. The number of hydrogen-bond donors (Lipinski definition) is 1. The van der Waals surface area contributed by atoms with Crippen LogP contribution in [0.1, 0.15) is 24.4 Å². The molecule has 7 nitrogen and oxygen atoms in total. The second kappa shape index (κ2) is 7.85. The molecule has 0 unspecified atom stereocenters. The molecular formula is C16H25N7S. The molecule has 0 radical (unpaired) electrons. The average Bonchev–Trinajstić information content (AvgIpc) is 3.01. The number of nitrogens with one attached hydrogen (secondary N) is 1. The van der Waals surface area contributed by atoms with Crippen LogP contribution in [0.5, 0.6) is 0 Å². The SMILES string of the molecule is CC(C)Cc1nnc(NCc2cnc(N3CCN(C)CC3)nc2)s1. The summed E-state index contributed by atoms with van der Waals surface area (Å²) in [5.41, 5.74) is 1.05. The van der Waals surface area contributed by atoms with Crippen molar-refractivity contribution in [2.75, 3.05) is 43.4 Å². The monoisotopic (exact) mass is 347 g/mol. The Morgan fingerprint density at radius 2 is 1.83 bits per heavy atom. The number of nitrogens with zero attached hydrogens (tertiary/aromatic N) is 6. The Morgan fingerprint density at radius 1 is 1.12 bits per heavy atom. The molecule has 130 valence electrons. The maximum Gasteiger partial charge on any atom is 0.225 e. The number of rotatable bonds is 6. The maximum atomic E-state index is 4.51. The van der Waals surface area contributed by atoms with E-state index in [1.54, 1.807) is 11.3 Å². The average molecular weight is 347 g/mol. The van der Waals surface area contributed by atoms with Gasteiger partial charge in [-0.05, 0) is 13.0 Å². The molecule has 2 aromatic rings. The highest BCUT2D eigenvalue weighted by Crippen LogP contribution is 2.19. The van der Waals surface area contributed by atoms with Gasteiger partial charge in [0.25, 0.3) is 0 Å². The number of aromatic nitrogens is 4. The van der Waals surface area contributed by atoms with Gasteiger partial charge in [-0.2, -0.15) is 0 Å². The van der Waals surface area contributed by atoms with Crippen molar-refractivity contribution >= 4 is 22.4 Å². The van der Waals surface area contributed by atoms with Gasteiger partial charge in [-0.1, -0.05) is 25.2 Å². The second-order valence-corrected chi connectivity index (χ2v) is 7.70. The summed E-state index contributed by atoms with van der Waals surface area (Å²) in [7, 11) is 2.15. The molecule has 0 bridgehead atoms. The first kappa shape index (κ1) is 17.0. The van der Waals surface area contributed by atoms with Gasteiger partial charge < -0.3 is 15.1 Å². The molecule has 0 aliphatic carbocycles. The van der Waals surface area contributed by atoms with Crippen molar-refractivity contribution < 1.29 is 0 Å². The van der Waals surface area contributed by atoms with Crippen molar-refractivity contribution in [3.63, 3.8) is 0 Å². The second-order valence-electron chi connectivity index (χ2n) is 6.63. The highest BCUT2D eigenvalue weighted by molar-refractivity contribution is 7.15. The summed E-state index contributed by atoms with van der Waals surface area (Å²) in [5, 5.41) is 13.6. The van der Waals surface area contributed by atoms with Gasteiger partial charge in [-0.3, -0.25) is 0 Å². The van der Waals surface area contributed by atoms with Gasteiger partial charge in [0, 0.05) is 57.1 Å².